The minimum absolute atomic E-state index is 0.0834. The Kier molecular flexibility index (Phi) is 6.51. The molecule has 1 rings (SSSR count). The highest BCUT2D eigenvalue weighted by Gasteiger charge is 2.10. The predicted octanol–water partition coefficient (Wildman–Crippen LogP) is 1.93. The van der Waals surface area contributed by atoms with E-state index in [1.54, 1.807) is 6.20 Å². The third-order valence-corrected chi connectivity index (χ3v) is 3.48. The minimum atomic E-state index is -0.0834. The van der Waals surface area contributed by atoms with E-state index in [9.17, 15) is 4.79 Å². The highest BCUT2D eigenvalue weighted by molar-refractivity contribution is 9.10. The zero-order valence-electron chi connectivity index (χ0n) is 12.0. The standard InChI is InChI=1S/C13H23BrN4O/c1-9(2)8-18-13(19)12(14)11(7-17-18)16-6-10(3)5-15-4/h7,9-10,15-16H,5-6,8H2,1-4H3. The van der Waals surface area contributed by atoms with Gasteiger partial charge < -0.3 is 10.6 Å². The lowest BCUT2D eigenvalue weighted by atomic mass is 10.2. The van der Waals surface area contributed by atoms with Crippen LogP contribution in [-0.2, 0) is 6.54 Å². The monoisotopic (exact) mass is 330 g/mol. The van der Waals surface area contributed by atoms with Crippen molar-refractivity contribution in [1.82, 2.24) is 15.1 Å². The van der Waals surface area contributed by atoms with Crippen molar-refractivity contribution in [2.24, 2.45) is 11.8 Å². The van der Waals surface area contributed by atoms with Gasteiger partial charge in [-0.1, -0.05) is 20.8 Å². The second-order valence-corrected chi connectivity index (χ2v) is 6.09. The summed E-state index contributed by atoms with van der Waals surface area (Å²) in [6, 6.07) is 0. The molecule has 2 N–H and O–H groups in total. The third-order valence-electron chi connectivity index (χ3n) is 2.72. The maximum atomic E-state index is 12.1. The normalized spacial score (nSPS) is 12.7. The molecule has 108 valence electrons. The van der Waals surface area contributed by atoms with Crippen molar-refractivity contribution in [2.75, 3.05) is 25.5 Å². The number of anilines is 1. The van der Waals surface area contributed by atoms with Crippen LogP contribution in [0.4, 0.5) is 5.69 Å². The Hall–Kier alpha value is -0.880. The molecular weight excluding hydrogens is 308 g/mol. The van der Waals surface area contributed by atoms with Crippen molar-refractivity contribution >= 4 is 21.6 Å². The average Bonchev–Trinajstić information content (AvgIpc) is 2.34. The van der Waals surface area contributed by atoms with Crippen LogP contribution in [-0.4, -0.2) is 29.9 Å². The van der Waals surface area contributed by atoms with Crippen molar-refractivity contribution in [2.45, 2.75) is 27.3 Å². The van der Waals surface area contributed by atoms with E-state index in [1.807, 2.05) is 7.05 Å². The molecule has 0 bridgehead atoms. The number of hydrogen-bond donors (Lipinski definition) is 2. The summed E-state index contributed by atoms with van der Waals surface area (Å²) >= 11 is 3.36. The number of nitrogens with one attached hydrogen (secondary N) is 2. The quantitative estimate of drug-likeness (QED) is 0.802. The molecule has 0 aliphatic heterocycles. The minimum Gasteiger partial charge on any atom is -0.382 e. The molecule has 19 heavy (non-hydrogen) atoms. The van der Waals surface area contributed by atoms with Crippen LogP contribution in [0.1, 0.15) is 20.8 Å². The van der Waals surface area contributed by atoms with Crippen LogP contribution in [0, 0.1) is 11.8 Å². The lowest BCUT2D eigenvalue weighted by Crippen LogP contribution is -2.28. The molecule has 0 radical (unpaired) electrons. The van der Waals surface area contributed by atoms with E-state index < -0.39 is 0 Å². The van der Waals surface area contributed by atoms with Gasteiger partial charge in [-0.2, -0.15) is 5.10 Å². The van der Waals surface area contributed by atoms with Crippen LogP contribution < -0.4 is 16.2 Å². The second kappa shape index (κ2) is 7.65. The number of rotatable bonds is 7. The molecule has 0 aliphatic rings. The van der Waals surface area contributed by atoms with Gasteiger partial charge in [-0.25, -0.2) is 4.68 Å². The molecule has 1 atom stereocenters. The molecule has 0 aliphatic carbocycles. The maximum Gasteiger partial charge on any atom is 0.283 e. The Morgan fingerprint density at radius 3 is 2.63 bits per heavy atom. The fourth-order valence-corrected chi connectivity index (χ4v) is 2.22. The van der Waals surface area contributed by atoms with Crippen LogP contribution >= 0.6 is 15.9 Å². The topological polar surface area (TPSA) is 59.0 Å². The third kappa shape index (κ3) is 4.95. The summed E-state index contributed by atoms with van der Waals surface area (Å²) < 4.78 is 2.05. The summed E-state index contributed by atoms with van der Waals surface area (Å²) in [6.07, 6.45) is 1.71. The Bertz CT molecular complexity index is 458. The molecule has 1 aromatic heterocycles. The Morgan fingerprint density at radius 1 is 1.37 bits per heavy atom. The van der Waals surface area contributed by atoms with Gasteiger partial charge in [0.25, 0.3) is 5.56 Å². The zero-order valence-corrected chi connectivity index (χ0v) is 13.6. The van der Waals surface area contributed by atoms with Crippen LogP contribution in [0.2, 0.25) is 0 Å². The summed E-state index contributed by atoms with van der Waals surface area (Å²) in [5.41, 5.74) is 0.674. The molecule has 0 saturated heterocycles. The first-order valence-electron chi connectivity index (χ1n) is 6.59. The van der Waals surface area contributed by atoms with E-state index in [0.29, 0.717) is 22.9 Å². The molecule has 0 amide bonds. The largest absolute Gasteiger partial charge is 0.382 e. The highest BCUT2D eigenvalue weighted by Crippen LogP contribution is 2.16. The lowest BCUT2D eigenvalue weighted by Gasteiger charge is -2.15. The van der Waals surface area contributed by atoms with E-state index in [-0.39, 0.29) is 5.56 Å². The fraction of sp³-hybridized carbons (Fsp3) is 0.692. The van der Waals surface area contributed by atoms with E-state index in [0.717, 1.165) is 18.8 Å². The maximum absolute atomic E-state index is 12.1. The molecular formula is C13H23BrN4O. The molecule has 0 fully saturated rings. The summed E-state index contributed by atoms with van der Waals surface area (Å²) in [5, 5.41) is 10.6. The average molecular weight is 331 g/mol. The zero-order chi connectivity index (χ0) is 14.4. The van der Waals surface area contributed by atoms with Crippen molar-refractivity contribution in [3.63, 3.8) is 0 Å². The van der Waals surface area contributed by atoms with Crippen LogP contribution in [0.25, 0.3) is 0 Å². The van der Waals surface area contributed by atoms with Crippen LogP contribution in [0.3, 0.4) is 0 Å². The molecule has 1 heterocycles. The van der Waals surface area contributed by atoms with Crippen molar-refractivity contribution in [3.05, 3.63) is 21.0 Å². The van der Waals surface area contributed by atoms with Gasteiger partial charge in [-0.15, -0.1) is 0 Å². The molecule has 1 aromatic rings. The van der Waals surface area contributed by atoms with E-state index >= 15 is 0 Å². The summed E-state index contributed by atoms with van der Waals surface area (Å²) in [7, 11) is 1.93. The van der Waals surface area contributed by atoms with E-state index in [1.165, 1.54) is 4.68 Å². The summed E-state index contributed by atoms with van der Waals surface area (Å²) in [5.74, 6) is 0.876. The smallest absolute Gasteiger partial charge is 0.283 e. The number of nitrogens with zero attached hydrogens (tertiary/aromatic N) is 2. The molecule has 0 saturated carbocycles. The summed E-state index contributed by atoms with van der Waals surface area (Å²) in [4.78, 5) is 12.1. The number of hydrogen-bond acceptors (Lipinski definition) is 4. The van der Waals surface area contributed by atoms with Crippen molar-refractivity contribution in [3.8, 4) is 0 Å². The fourth-order valence-electron chi connectivity index (χ4n) is 1.77. The van der Waals surface area contributed by atoms with Gasteiger partial charge in [-0.05, 0) is 41.4 Å². The van der Waals surface area contributed by atoms with Gasteiger partial charge in [0.15, 0.2) is 0 Å². The van der Waals surface area contributed by atoms with E-state index in [2.05, 4.69) is 52.4 Å². The number of halogens is 1. The Morgan fingerprint density at radius 2 is 2.05 bits per heavy atom. The van der Waals surface area contributed by atoms with Crippen LogP contribution in [0.5, 0.6) is 0 Å². The second-order valence-electron chi connectivity index (χ2n) is 5.30. The molecule has 1 unspecified atom stereocenters. The lowest BCUT2D eigenvalue weighted by molar-refractivity contribution is 0.462. The molecule has 5 nitrogen and oxygen atoms in total. The molecule has 6 heteroatoms. The van der Waals surface area contributed by atoms with Gasteiger partial charge >= 0.3 is 0 Å². The predicted molar refractivity (Wildman–Crippen MR) is 82.6 cm³/mol. The first-order valence-corrected chi connectivity index (χ1v) is 7.39. The Labute approximate surface area is 122 Å². The number of aromatic nitrogens is 2. The van der Waals surface area contributed by atoms with Gasteiger partial charge in [-0.3, -0.25) is 4.79 Å². The molecule has 0 aromatic carbocycles. The van der Waals surface area contributed by atoms with Crippen molar-refractivity contribution < 1.29 is 0 Å². The SMILES string of the molecule is CNCC(C)CNc1cnn(CC(C)C)c(=O)c1Br. The first-order chi connectivity index (χ1) is 8.95. The van der Waals surface area contributed by atoms with Gasteiger partial charge in [0.2, 0.25) is 0 Å². The van der Waals surface area contributed by atoms with E-state index in [4.69, 9.17) is 0 Å². The molecule has 0 spiro atoms. The first kappa shape index (κ1) is 16.2. The Balaban J connectivity index is 2.76. The summed E-state index contributed by atoms with van der Waals surface area (Å²) in [6.45, 7) is 8.64. The van der Waals surface area contributed by atoms with Gasteiger partial charge in [0.1, 0.15) is 4.47 Å². The van der Waals surface area contributed by atoms with Crippen molar-refractivity contribution in [1.29, 1.82) is 0 Å². The highest BCUT2D eigenvalue weighted by atomic mass is 79.9. The van der Waals surface area contributed by atoms with Gasteiger partial charge in [0.05, 0.1) is 11.9 Å². The van der Waals surface area contributed by atoms with Crippen LogP contribution in [0.15, 0.2) is 15.5 Å². The van der Waals surface area contributed by atoms with Gasteiger partial charge in [0, 0.05) is 13.1 Å².